The zero-order valence-electron chi connectivity index (χ0n) is 18.1. The lowest BCUT2D eigenvalue weighted by molar-refractivity contribution is -0.134. The first kappa shape index (κ1) is 21.8. The molecule has 9 heteroatoms. The molecule has 2 aromatic carbocycles. The van der Waals surface area contributed by atoms with Gasteiger partial charge in [-0.3, -0.25) is 23.6 Å². The molecule has 2 amide bonds. The maximum atomic E-state index is 14.1. The summed E-state index contributed by atoms with van der Waals surface area (Å²) in [7, 11) is 3.42. The molecule has 1 saturated heterocycles. The van der Waals surface area contributed by atoms with Crippen molar-refractivity contribution in [2.75, 3.05) is 13.1 Å². The van der Waals surface area contributed by atoms with E-state index in [1.165, 1.54) is 6.07 Å². The molecule has 2 N–H and O–H groups in total. The summed E-state index contributed by atoms with van der Waals surface area (Å²) in [5.41, 5.74) is 2.83. The Kier molecular flexibility index (Phi) is 6.09. The van der Waals surface area contributed by atoms with Gasteiger partial charge in [0.25, 0.3) is 0 Å². The number of carbonyl (C=O) groups excluding carboxylic acids is 2. The standard InChI is InChI=1S/C23H26FN5O3/c1-27-18-8-7-15(11-19(18)28(2)23(27)32)13-26-21(30)12-20-22(31)25-9-10-29(20)14-16-5-3-4-6-17(16)24/h3-8,11,20H,9-10,12-14H2,1-2H3,(H,25,31)(H,26,30). The summed E-state index contributed by atoms with van der Waals surface area (Å²) in [5.74, 6) is -0.830. The van der Waals surface area contributed by atoms with Crippen LogP contribution in [0.3, 0.4) is 0 Å². The minimum Gasteiger partial charge on any atom is -0.353 e. The number of amides is 2. The second kappa shape index (κ2) is 8.96. The van der Waals surface area contributed by atoms with Gasteiger partial charge in [0.2, 0.25) is 11.8 Å². The number of hydrogen-bond acceptors (Lipinski definition) is 4. The quantitative estimate of drug-likeness (QED) is 0.601. The predicted molar refractivity (Wildman–Crippen MR) is 118 cm³/mol. The van der Waals surface area contributed by atoms with Crippen LogP contribution in [0.4, 0.5) is 4.39 Å². The van der Waals surface area contributed by atoms with Crippen LogP contribution in [0.2, 0.25) is 0 Å². The van der Waals surface area contributed by atoms with Gasteiger partial charge in [0.05, 0.1) is 23.5 Å². The van der Waals surface area contributed by atoms with Crippen molar-refractivity contribution in [3.05, 3.63) is 69.9 Å². The molecule has 8 nitrogen and oxygen atoms in total. The van der Waals surface area contributed by atoms with Crippen LogP contribution in [0.5, 0.6) is 0 Å². The summed E-state index contributed by atoms with van der Waals surface area (Å²) in [6, 6.07) is 11.4. The van der Waals surface area contributed by atoms with Crippen LogP contribution in [0, 0.1) is 5.82 Å². The Hall–Kier alpha value is -3.46. The lowest BCUT2D eigenvalue weighted by Crippen LogP contribution is -2.56. The lowest BCUT2D eigenvalue weighted by Gasteiger charge is -2.34. The molecule has 1 aromatic heterocycles. The number of aryl methyl sites for hydroxylation is 2. The molecule has 1 fully saturated rings. The lowest BCUT2D eigenvalue weighted by atomic mass is 10.1. The van der Waals surface area contributed by atoms with Crippen LogP contribution in [0.1, 0.15) is 17.5 Å². The summed E-state index contributed by atoms with van der Waals surface area (Å²) in [5, 5.41) is 5.64. The third-order valence-corrected chi connectivity index (χ3v) is 5.98. The van der Waals surface area contributed by atoms with Crippen molar-refractivity contribution in [3.63, 3.8) is 0 Å². The van der Waals surface area contributed by atoms with Gasteiger partial charge < -0.3 is 10.6 Å². The first-order chi connectivity index (χ1) is 15.3. The summed E-state index contributed by atoms with van der Waals surface area (Å²) in [6.07, 6.45) is -0.0215. The van der Waals surface area contributed by atoms with E-state index < -0.39 is 6.04 Å². The smallest absolute Gasteiger partial charge is 0.328 e. The van der Waals surface area contributed by atoms with Gasteiger partial charge >= 0.3 is 5.69 Å². The Labute approximate surface area is 184 Å². The zero-order valence-corrected chi connectivity index (χ0v) is 18.1. The highest BCUT2D eigenvalue weighted by molar-refractivity contribution is 5.88. The number of hydrogen-bond donors (Lipinski definition) is 2. The van der Waals surface area contributed by atoms with Crippen molar-refractivity contribution in [2.45, 2.75) is 25.6 Å². The highest BCUT2D eigenvalue weighted by Crippen LogP contribution is 2.17. The zero-order chi connectivity index (χ0) is 22.8. The highest BCUT2D eigenvalue weighted by Gasteiger charge is 2.31. The average molecular weight is 439 g/mol. The molecule has 1 aliphatic rings. The molecule has 1 atom stereocenters. The first-order valence-corrected chi connectivity index (χ1v) is 10.5. The molecule has 4 rings (SSSR count). The third kappa shape index (κ3) is 4.29. The number of benzene rings is 2. The number of nitrogens with one attached hydrogen (secondary N) is 2. The Bertz CT molecular complexity index is 1230. The fourth-order valence-corrected chi connectivity index (χ4v) is 4.13. The van der Waals surface area contributed by atoms with Gasteiger partial charge in [0.15, 0.2) is 0 Å². The van der Waals surface area contributed by atoms with E-state index in [1.807, 2.05) is 23.1 Å². The van der Waals surface area contributed by atoms with E-state index in [2.05, 4.69) is 10.6 Å². The van der Waals surface area contributed by atoms with Crippen molar-refractivity contribution in [1.82, 2.24) is 24.7 Å². The maximum Gasteiger partial charge on any atom is 0.328 e. The second-order valence-electron chi connectivity index (χ2n) is 8.07. The molecule has 0 radical (unpaired) electrons. The van der Waals surface area contributed by atoms with Crippen LogP contribution < -0.4 is 16.3 Å². The largest absolute Gasteiger partial charge is 0.353 e. The summed E-state index contributed by atoms with van der Waals surface area (Å²) in [4.78, 5) is 39.0. The Morgan fingerprint density at radius 2 is 1.88 bits per heavy atom. The average Bonchev–Trinajstić information content (AvgIpc) is 3.00. The SMILES string of the molecule is Cn1c(=O)n(C)c2cc(CNC(=O)CC3C(=O)NCCN3Cc3ccccc3F)ccc21. The maximum absolute atomic E-state index is 14.1. The van der Waals surface area contributed by atoms with E-state index >= 15 is 0 Å². The molecule has 0 aliphatic carbocycles. The molecule has 1 unspecified atom stereocenters. The van der Waals surface area contributed by atoms with E-state index in [4.69, 9.17) is 0 Å². The van der Waals surface area contributed by atoms with Gasteiger partial charge in [0.1, 0.15) is 5.82 Å². The Balaban J connectivity index is 1.42. The minimum atomic E-state index is -0.666. The monoisotopic (exact) mass is 439 g/mol. The van der Waals surface area contributed by atoms with Crippen LogP contribution in [0.15, 0.2) is 47.3 Å². The fourth-order valence-electron chi connectivity index (χ4n) is 4.13. The van der Waals surface area contributed by atoms with Crippen molar-refractivity contribution in [1.29, 1.82) is 0 Å². The number of nitrogens with zero attached hydrogens (tertiary/aromatic N) is 3. The van der Waals surface area contributed by atoms with Gasteiger partial charge in [-0.05, 0) is 23.8 Å². The normalized spacial score (nSPS) is 16.8. The van der Waals surface area contributed by atoms with Crippen LogP contribution in [-0.4, -0.2) is 45.0 Å². The Morgan fingerprint density at radius 1 is 1.12 bits per heavy atom. The van der Waals surface area contributed by atoms with Crippen molar-refractivity contribution in [3.8, 4) is 0 Å². The van der Waals surface area contributed by atoms with Crippen LogP contribution in [0.25, 0.3) is 11.0 Å². The Morgan fingerprint density at radius 3 is 2.66 bits per heavy atom. The predicted octanol–water partition coefficient (Wildman–Crippen LogP) is 1.02. The first-order valence-electron chi connectivity index (χ1n) is 10.5. The highest BCUT2D eigenvalue weighted by atomic mass is 19.1. The molecule has 0 saturated carbocycles. The van der Waals surface area contributed by atoms with Gasteiger partial charge in [-0.2, -0.15) is 0 Å². The number of piperazine rings is 1. The van der Waals surface area contributed by atoms with E-state index in [0.717, 1.165) is 16.6 Å². The molecule has 2 heterocycles. The number of aromatic nitrogens is 2. The van der Waals surface area contributed by atoms with Gasteiger partial charge in [-0.1, -0.05) is 24.3 Å². The third-order valence-electron chi connectivity index (χ3n) is 5.98. The van der Waals surface area contributed by atoms with E-state index in [1.54, 1.807) is 41.4 Å². The van der Waals surface area contributed by atoms with Crippen molar-refractivity contribution in [2.24, 2.45) is 14.1 Å². The summed E-state index contributed by atoms with van der Waals surface area (Å²) >= 11 is 0. The molecule has 168 valence electrons. The molecule has 3 aromatic rings. The molecule has 0 bridgehead atoms. The molecular weight excluding hydrogens is 413 g/mol. The number of fused-ring (bicyclic) bond motifs is 1. The van der Waals surface area contributed by atoms with E-state index in [0.29, 0.717) is 18.7 Å². The van der Waals surface area contributed by atoms with Gasteiger partial charge in [-0.25, -0.2) is 9.18 Å². The van der Waals surface area contributed by atoms with Crippen LogP contribution in [-0.2, 0) is 36.8 Å². The van der Waals surface area contributed by atoms with E-state index in [9.17, 15) is 18.8 Å². The molecule has 0 spiro atoms. The topological polar surface area (TPSA) is 88.4 Å². The molecule has 32 heavy (non-hydrogen) atoms. The van der Waals surface area contributed by atoms with Crippen molar-refractivity contribution < 1.29 is 14.0 Å². The number of imidazole rings is 1. The van der Waals surface area contributed by atoms with Crippen LogP contribution >= 0.6 is 0 Å². The van der Waals surface area contributed by atoms with Gasteiger partial charge in [-0.15, -0.1) is 0 Å². The summed E-state index contributed by atoms with van der Waals surface area (Å²) in [6.45, 7) is 1.54. The van der Waals surface area contributed by atoms with Gasteiger partial charge in [0, 0.05) is 45.8 Å². The number of carbonyl (C=O) groups is 2. The number of halogens is 1. The van der Waals surface area contributed by atoms with Crippen molar-refractivity contribution >= 4 is 22.8 Å². The second-order valence-corrected chi connectivity index (χ2v) is 8.07. The molecule has 1 aliphatic heterocycles. The van der Waals surface area contributed by atoms with E-state index in [-0.39, 0.29) is 42.8 Å². The number of rotatable bonds is 6. The molecular formula is C23H26FN5O3. The fraction of sp³-hybridized carbons (Fsp3) is 0.348. The minimum absolute atomic E-state index is 0.0215. The summed E-state index contributed by atoms with van der Waals surface area (Å²) < 4.78 is 17.2.